The SMILES string of the molecule is O=C(c1cnc2ccc(-c3cc(Cl)c(O)c(Cl)c3)cc2c1-c1cnc(N2CCNCC2)nc1)C1CC1. The standard InChI is InChI=1S/C27H23Cl2N5O2/c28-21-10-17(11-22(29)26(21)36)16-3-4-23-19(9-16)24(20(14-31-23)25(35)15-1-2-15)18-12-32-27(33-13-18)34-7-5-30-6-8-34/h3-4,9-15,30,36H,1-2,5-8H2. The molecule has 36 heavy (non-hydrogen) atoms. The van der Waals surface area contributed by atoms with Gasteiger partial charge in [-0.3, -0.25) is 9.78 Å². The highest BCUT2D eigenvalue weighted by Gasteiger charge is 2.33. The summed E-state index contributed by atoms with van der Waals surface area (Å²) in [6.45, 7) is 3.50. The minimum Gasteiger partial charge on any atom is -0.505 e. The molecule has 3 heterocycles. The minimum atomic E-state index is -0.149. The largest absolute Gasteiger partial charge is 0.505 e. The molecule has 0 bridgehead atoms. The Hall–Kier alpha value is -3.26. The van der Waals surface area contributed by atoms with Crippen LogP contribution in [0.15, 0.2) is 48.9 Å². The number of rotatable bonds is 5. The number of aromatic nitrogens is 3. The van der Waals surface area contributed by atoms with E-state index in [9.17, 15) is 9.90 Å². The lowest BCUT2D eigenvalue weighted by molar-refractivity contribution is 0.0968. The average Bonchev–Trinajstić information content (AvgIpc) is 3.76. The van der Waals surface area contributed by atoms with Crippen LogP contribution in [-0.2, 0) is 0 Å². The second-order valence-corrected chi connectivity index (χ2v) is 10.0. The summed E-state index contributed by atoms with van der Waals surface area (Å²) in [7, 11) is 0. The van der Waals surface area contributed by atoms with Gasteiger partial charge in [0.05, 0.1) is 15.6 Å². The Kier molecular flexibility index (Phi) is 5.99. The fourth-order valence-corrected chi connectivity index (χ4v) is 5.13. The number of nitrogens with one attached hydrogen (secondary N) is 1. The predicted octanol–water partition coefficient (Wildman–Crippen LogP) is 5.37. The average molecular weight is 520 g/mol. The van der Waals surface area contributed by atoms with E-state index in [0.29, 0.717) is 11.5 Å². The molecule has 0 amide bonds. The van der Waals surface area contributed by atoms with Gasteiger partial charge in [-0.05, 0) is 48.2 Å². The van der Waals surface area contributed by atoms with E-state index >= 15 is 0 Å². The lowest BCUT2D eigenvalue weighted by Gasteiger charge is -2.27. The maximum Gasteiger partial charge on any atom is 0.225 e. The molecule has 1 aliphatic heterocycles. The molecule has 9 heteroatoms. The Bertz CT molecular complexity index is 1460. The van der Waals surface area contributed by atoms with Gasteiger partial charge < -0.3 is 15.3 Å². The van der Waals surface area contributed by atoms with Crippen LogP contribution < -0.4 is 10.2 Å². The second kappa shape index (κ2) is 9.32. The van der Waals surface area contributed by atoms with Crippen molar-refractivity contribution in [1.82, 2.24) is 20.3 Å². The summed E-state index contributed by atoms with van der Waals surface area (Å²) in [5, 5.41) is 14.5. The highest BCUT2D eigenvalue weighted by atomic mass is 35.5. The number of phenols is 1. The molecular formula is C27H23Cl2N5O2. The van der Waals surface area contributed by atoms with E-state index in [0.717, 1.165) is 72.2 Å². The van der Waals surface area contributed by atoms with Crippen LogP contribution >= 0.6 is 23.2 Å². The van der Waals surface area contributed by atoms with Gasteiger partial charge in [-0.25, -0.2) is 9.97 Å². The first-order valence-corrected chi connectivity index (χ1v) is 12.7. The highest BCUT2D eigenvalue weighted by Crippen LogP contribution is 2.41. The number of phenolic OH excluding ortho intramolecular Hbond substituents is 1. The van der Waals surface area contributed by atoms with E-state index < -0.39 is 0 Å². The third-order valence-corrected chi connectivity index (χ3v) is 7.33. The summed E-state index contributed by atoms with van der Waals surface area (Å²) in [4.78, 5) is 29.3. The maximum absolute atomic E-state index is 13.3. The van der Waals surface area contributed by atoms with Gasteiger partial charge in [0.15, 0.2) is 11.5 Å². The summed E-state index contributed by atoms with van der Waals surface area (Å²) in [5.41, 5.74) is 4.47. The normalized spacial score (nSPS) is 15.9. The Morgan fingerprint density at radius 2 is 1.61 bits per heavy atom. The van der Waals surface area contributed by atoms with Gasteiger partial charge in [-0.2, -0.15) is 0 Å². The zero-order valence-corrected chi connectivity index (χ0v) is 20.9. The lowest BCUT2D eigenvalue weighted by atomic mass is 9.92. The van der Waals surface area contributed by atoms with Crippen molar-refractivity contribution in [2.75, 3.05) is 31.1 Å². The van der Waals surface area contributed by atoms with Crippen LogP contribution in [-0.4, -0.2) is 52.0 Å². The molecule has 4 aromatic rings. The van der Waals surface area contributed by atoms with E-state index in [-0.39, 0.29) is 27.5 Å². The molecule has 2 aliphatic rings. The summed E-state index contributed by atoms with van der Waals surface area (Å²) in [6, 6.07) is 9.14. The van der Waals surface area contributed by atoms with Crippen LogP contribution in [0.3, 0.4) is 0 Å². The molecule has 1 saturated heterocycles. The van der Waals surface area contributed by atoms with Crippen LogP contribution in [0.1, 0.15) is 23.2 Å². The first kappa shape index (κ1) is 23.2. The van der Waals surface area contributed by atoms with Crippen molar-refractivity contribution < 1.29 is 9.90 Å². The quantitative estimate of drug-likeness (QED) is 0.342. The molecule has 0 atom stereocenters. The minimum absolute atomic E-state index is 0.0435. The number of halogens is 2. The number of anilines is 1. The monoisotopic (exact) mass is 519 g/mol. The number of benzene rings is 2. The molecule has 1 aliphatic carbocycles. The van der Waals surface area contributed by atoms with E-state index in [4.69, 9.17) is 23.2 Å². The van der Waals surface area contributed by atoms with E-state index in [2.05, 4.69) is 25.2 Å². The smallest absolute Gasteiger partial charge is 0.225 e. The van der Waals surface area contributed by atoms with Crippen LogP contribution in [0.4, 0.5) is 5.95 Å². The number of hydrogen-bond donors (Lipinski definition) is 2. The number of carbonyl (C=O) groups is 1. The summed E-state index contributed by atoms with van der Waals surface area (Å²) in [5.74, 6) is 0.681. The van der Waals surface area contributed by atoms with Gasteiger partial charge in [0, 0.05) is 72.8 Å². The number of nitrogens with zero attached hydrogens (tertiary/aromatic N) is 4. The number of Topliss-reactive ketones (excluding diaryl/α,β-unsaturated/α-hetero) is 1. The van der Waals surface area contributed by atoms with Crippen molar-refractivity contribution in [1.29, 1.82) is 0 Å². The molecule has 0 radical (unpaired) electrons. The number of pyridine rings is 1. The third kappa shape index (κ3) is 4.28. The molecule has 0 spiro atoms. The summed E-state index contributed by atoms with van der Waals surface area (Å²) < 4.78 is 0. The summed E-state index contributed by atoms with van der Waals surface area (Å²) in [6.07, 6.45) is 7.07. The molecule has 0 unspecified atom stereocenters. The van der Waals surface area contributed by atoms with E-state index in [1.165, 1.54) is 0 Å². The van der Waals surface area contributed by atoms with Crippen molar-refractivity contribution in [2.24, 2.45) is 5.92 Å². The number of hydrogen-bond acceptors (Lipinski definition) is 7. The van der Waals surface area contributed by atoms with Crippen molar-refractivity contribution in [2.45, 2.75) is 12.8 Å². The van der Waals surface area contributed by atoms with Gasteiger partial charge in [-0.1, -0.05) is 29.3 Å². The Labute approximate surface area is 218 Å². The molecule has 2 N–H and O–H groups in total. The number of carbonyl (C=O) groups excluding carboxylic acids is 1. The fraction of sp³-hybridized carbons (Fsp3) is 0.259. The number of piperazine rings is 1. The van der Waals surface area contributed by atoms with Crippen molar-refractivity contribution >= 4 is 45.8 Å². The molecular weight excluding hydrogens is 497 g/mol. The van der Waals surface area contributed by atoms with Crippen molar-refractivity contribution in [3.8, 4) is 28.0 Å². The van der Waals surface area contributed by atoms with Crippen molar-refractivity contribution in [3.05, 3.63) is 64.5 Å². The van der Waals surface area contributed by atoms with Gasteiger partial charge in [-0.15, -0.1) is 0 Å². The second-order valence-electron chi connectivity index (χ2n) is 9.21. The fourth-order valence-electron chi connectivity index (χ4n) is 4.65. The molecule has 6 rings (SSSR count). The molecule has 2 aromatic heterocycles. The highest BCUT2D eigenvalue weighted by molar-refractivity contribution is 6.37. The third-order valence-electron chi connectivity index (χ3n) is 6.76. The van der Waals surface area contributed by atoms with Gasteiger partial charge in [0.1, 0.15) is 0 Å². The Morgan fingerprint density at radius 3 is 2.28 bits per heavy atom. The van der Waals surface area contributed by atoms with E-state index in [1.54, 1.807) is 30.7 Å². The molecule has 7 nitrogen and oxygen atoms in total. The first-order valence-electron chi connectivity index (χ1n) is 11.9. The zero-order chi connectivity index (χ0) is 24.8. The molecule has 2 fully saturated rings. The Balaban J connectivity index is 1.50. The van der Waals surface area contributed by atoms with Crippen LogP contribution in [0.5, 0.6) is 5.75 Å². The number of fused-ring (bicyclic) bond motifs is 1. The number of ketones is 1. The predicted molar refractivity (Wildman–Crippen MR) is 142 cm³/mol. The zero-order valence-electron chi connectivity index (χ0n) is 19.3. The maximum atomic E-state index is 13.3. The number of aromatic hydroxyl groups is 1. The van der Waals surface area contributed by atoms with Crippen LogP contribution in [0.25, 0.3) is 33.2 Å². The van der Waals surface area contributed by atoms with Gasteiger partial charge in [0.25, 0.3) is 0 Å². The van der Waals surface area contributed by atoms with Gasteiger partial charge in [0.2, 0.25) is 5.95 Å². The van der Waals surface area contributed by atoms with Gasteiger partial charge >= 0.3 is 0 Å². The molecule has 182 valence electrons. The lowest BCUT2D eigenvalue weighted by Crippen LogP contribution is -2.44. The van der Waals surface area contributed by atoms with Crippen LogP contribution in [0.2, 0.25) is 10.0 Å². The molecule has 2 aromatic carbocycles. The summed E-state index contributed by atoms with van der Waals surface area (Å²) >= 11 is 12.4. The van der Waals surface area contributed by atoms with Crippen molar-refractivity contribution in [3.63, 3.8) is 0 Å². The van der Waals surface area contributed by atoms with Crippen LogP contribution in [0, 0.1) is 5.92 Å². The Morgan fingerprint density at radius 1 is 0.917 bits per heavy atom. The van der Waals surface area contributed by atoms with E-state index in [1.807, 2.05) is 18.2 Å². The molecule has 1 saturated carbocycles. The topological polar surface area (TPSA) is 91.2 Å². The first-order chi connectivity index (χ1) is 17.5.